The smallest absolute Gasteiger partial charge is 0.243 e. The molecule has 11 heteroatoms. The van der Waals surface area contributed by atoms with Crippen LogP contribution >= 0.6 is 11.6 Å². The molecular formula is C32H36ClN5O5. The van der Waals surface area contributed by atoms with E-state index in [9.17, 15) is 24.3 Å². The molecule has 4 rings (SSSR count). The summed E-state index contributed by atoms with van der Waals surface area (Å²) in [6, 6.07) is 18.7. The van der Waals surface area contributed by atoms with Gasteiger partial charge in [0.2, 0.25) is 23.6 Å². The van der Waals surface area contributed by atoms with Gasteiger partial charge in [-0.1, -0.05) is 72.3 Å². The van der Waals surface area contributed by atoms with Crippen molar-refractivity contribution in [1.29, 1.82) is 0 Å². The molecule has 1 saturated heterocycles. The zero-order valence-electron chi connectivity index (χ0n) is 23.6. The topological polar surface area (TPSA) is 168 Å². The van der Waals surface area contributed by atoms with E-state index < -0.39 is 41.9 Å². The number of nitrogens with one attached hydrogen (secondary N) is 2. The number of benzene rings is 3. The first-order valence-electron chi connectivity index (χ1n) is 14.1. The maximum Gasteiger partial charge on any atom is 0.243 e. The Morgan fingerprint density at radius 3 is 2.19 bits per heavy atom. The second-order valence-electron chi connectivity index (χ2n) is 10.7. The molecule has 1 aliphatic rings. The lowest BCUT2D eigenvalue weighted by atomic mass is 10.0. The van der Waals surface area contributed by atoms with Gasteiger partial charge in [-0.2, -0.15) is 0 Å². The summed E-state index contributed by atoms with van der Waals surface area (Å²) >= 11 is 6.38. The lowest BCUT2D eigenvalue weighted by molar-refractivity contribution is -0.140. The first-order chi connectivity index (χ1) is 20.6. The maximum atomic E-state index is 13.6. The first kappa shape index (κ1) is 31.5. The monoisotopic (exact) mass is 605 g/mol. The number of carbonyl (C=O) groups excluding carboxylic acids is 4. The number of phenols is 1. The largest absolute Gasteiger partial charge is 0.508 e. The molecule has 43 heavy (non-hydrogen) atoms. The second-order valence-corrected chi connectivity index (χ2v) is 11.1. The number of halogens is 1. The molecule has 1 heterocycles. The SMILES string of the molecule is NC(=O)[C@H](Cc1ccccc1)NC(=O)[C@H](Cc1ccccc1Cl)NC(=O)[C@@H]1CCCN1C(=O)[C@@H](N)Cc1ccc(O)cc1. The van der Waals surface area contributed by atoms with Crippen LogP contribution in [0, 0.1) is 0 Å². The molecule has 0 unspecified atom stereocenters. The van der Waals surface area contributed by atoms with Crippen molar-refractivity contribution in [1.82, 2.24) is 15.5 Å². The van der Waals surface area contributed by atoms with Crippen molar-refractivity contribution in [2.45, 2.75) is 56.3 Å². The van der Waals surface area contributed by atoms with Gasteiger partial charge in [0.1, 0.15) is 23.9 Å². The molecule has 4 atom stereocenters. The summed E-state index contributed by atoms with van der Waals surface area (Å²) in [5.74, 6) is -2.09. The van der Waals surface area contributed by atoms with E-state index in [1.807, 2.05) is 30.3 Å². The molecule has 3 aromatic rings. The number of likely N-dealkylation sites (tertiary alicyclic amines) is 1. The van der Waals surface area contributed by atoms with Crippen molar-refractivity contribution in [3.05, 3.63) is 101 Å². The highest BCUT2D eigenvalue weighted by molar-refractivity contribution is 6.31. The van der Waals surface area contributed by atoms with Crippen LogP contribution in [0.25, 0.3) is 0 Å². The highest BCUT2D eigenvalue weighted by atomic mass is 35.5. The number of aromatic hydroxyl groups is 1. The van der Waals surface area contributed by atoms with Gasteiger partial charge in [-0.15, -0.1) is 0 Å². The fourth-order valence-corrected chi connectivity index (χ4v) is 5.41. The van der Waals surface area contributed by atoms with Crippen LogP contribution in [0.2, 0.25) is 5.02 Å². The van der Waals surface area contributed by atoms with Crippen LogP contribution < -0.4 is 22.1 Å². The number of rotatable bonds is 12. The van der Waals surface area contributed by atoms with Gasteiger partial charge in [-0.3, -0.25) is 19.2 Å². The third-order valence-corrected chi connectivity index (χ3v) is 7.87. The number of phenolic OH excluding ortho intramolecular Hbond substituents is 1. The van der Waals surface area contributed by atoms with E-state index in [-0.39, 0.29) is 30.9 Å². The number of hydrogen-bond acceptors (Lipinski definition) is 6. The fourth-order valence-electron chi connectivity index (χ4n) is 5.20. The van der Waals surface area contributed by atoms with Crippen molar-refractivity contribution in [2.75, 3.05) is 6.54 Å². The molecule has 0 saturated carbocycles. The molecule has 10 nitrogen and oxygen atoms in total. The number of hydrogen-bond donors (Lipinski definition) is 5. The van der Waals surface area contributed by atoms with Gasteiger partial charge in [0.15, 0.2) is 0 Å². The predicted octanol–water partition coefficient (Wildman–Crippen LogP) is 1.85. The molecule has 0 bridgehead atoms. The van der Waals surface area contributed by atoms with E-state index in [0.717, 1.165) is 11.1 Å². The van der Waals surface area contributed by atoms with Gasteiger partial charge in [0.25, 0.3) is 0 Å². The first-order valence-corrected chi connectivity index (χ1v) is 14.5. The minimum Gasteiger partial charge on any atom is -0.508 e. The van der Waals surface area contributed by atoms with E-state index in [4.69, 9.17) is 23.1 Å². The number of nitrogens with zero attached hydrogens (tertiary/aromatic N) is 1. The lowest BCUT2D eigenvalue weighted by Crippen LogP contribution is -2.58. The van der Waals surface area contributed by atoms with Gasteiger partial charge in [-0.25, -0.2) is 0 Å². The summed E-state index contributed by atoms with van der Waals surface area (Å²) in [7, 11) is 0. The minimum absolute atomic E-state index is 0.0507. The van der Waals surface area contributed by atoms with Crippen LogP contribution in [-0.2, 0) is 38.4 Å². The van der Waals surface area contributed by atoms with Crippen LogP contribution in [-0.4, -0.2) is 64.3 Å². The van der Waals surface area contributed by atoms with E-state index in [1.165, 1.54) is 17.0 Å². The Morgan fingerprint density at radius 2 is 1.51 bits per heavy atom. The van der Waals surface area contributed by atoms with Gasteiger partial charge in [-0.05, 0) is 54.2 Å². The standard InChI is InChI=1S/C32H36ClN5O5/c33-24-10-5-4-9-22(24)19-27(30(41)36-26(29(35)40)18-20-7-2-1-3-8-20)37-31(42)28-11-6-16-38(28)32(43)25(34)17-21-12-14-23(39)15-13-21/h1-5,7-10,12-15,25-28,39H,6,11,16-19,34H2,(H2,35,40)(H,36,41)(H,37,42)/t25-,26-,27-,28-/m0/s1. The summed E-state index contributed by atoms with van der Waals surface area (Å²) in [6.07, 6.45) is 1.46. The zero-order valence-corrected chi connectivity index (χ0v) is 24.4. The van der Waals surface area contributed by atoms with Crippen LogP contribution in [0.1, 0.15) is 29.5 Å². The Labute approximate surface area is 255 Å². The summed E-state index contributed by atoms with van der Waals surface area (Å²) < 4.78 is 0. The Balaban J connectivity index is 1.49. The molecule has 3 aromatic carbocycles. The molecule has 7 N–H and O–H groups in total. The normalized spacial score (nSPS) is 16.6. The molecule has 0 radical (unpaired) electrons. The number of amides is 4. The number of primary amides is 1. The molecule has 1 aliphatic heterocycles. The number of nitrogens with two attached hydrogens (primary N) is 2. The van der Waals surface area contributed by atoms with E-state index in [1.54, 1.807) is 36.4 Å². The van der Waals surface area contributed by atoms with Crippen molar-refractivity contribution >= 4 is 35.2 Å². The zero-order chi connectivity index (χ0) is 30.9. The third kappa shape index (κ3) is 8.56. The maximum absolute atomic E-state index is 13.6. The van der Waals surface area contributed by atoms with Crippen molar-refractivity contribution in [3.8, 4) is 5.75 Å². The van der Waals surface area contributed by atoms with E-state index in [2.05, 4.69) is 10.6 Å². The van der Waals surface area contributed by atoms with Gasteiger partial charge in [0.05, 0.1) is 6.04 Å². The summed E-state index contributed by atoms with van der Waals surface area (Å²) in [5, 5.41) is 15.4. The van der Waals surface area contributed by atoms with Crippen LogP contribution in [0.3, 0.4) is 0 Å². The molecule has 4 amide bonds. The summed E-state index contributed by atoms with van der Waals surface area (Å²) in [6.45, 7) is 0.350. The highest BCUT2D eigenvalue weighted by Crippen LogP contribution is 2.21. The van der Waals surface area contributed by atoms with Gasteiger partial charge < -0.3 is 32.1 Å². The predicted molar refractivity (Wildman–Crippen MR) is 163 cm³/mol. The van der Waals surface area contributed by atoms with Crippen LogP contribution in [0.15, 0.2) is 78.9 Å². The molecule has 0 aliphatic carbocycles. The molecule has 0 spiro atoms. The Kier molecular flexibility index (Phi) is 10.7. The lowest BCUT2D eigenvalue weighted by Gasteiger charge is -2.29. The molecule has 1 fully saturated rings. The van der Waals surface area contributed by atoms with Crippen molar-refractivity contribution < 1.29 is 24.3 Å². The molecule has 226 valence electrons. The van der Waals surface area contributed by atoms with Gasteiger partial charge >= 0.3 is 0 Å². The van der Waals surface area contributed by atoms with Crippen molar-refractivity contribution in [3.63, 3.8) is 0 Å². The minimum atomic E-state index is -1.10. The van der Waals surface area contributed by atoms with Crippen LogP contribution in [0.4, 0.5) is 0 Å². The summed E-state index contributed by atoms with van der Waals surface area (Å²) in [4.78, 5) is 54.2. The highest BCUT2D eigenvalue weighted by Gasteiger charge is 2.38. The van der Waals surface area contributed by atoms with E-state index >= 15 is 0 Å². The molecule has 0 aromatic heterocycles. The fraction of sp³-hybridized carbons (Fsp3) is 0.312. The Bertz CT molecular complexity index is 1440. The Hall–Kier alpha value is -4.41. The average molecular weight is 606 g/mol. The molecular weight excluding hydrogens is 570 g/mol. The van der Waals surface area contributed by atoms with Crippen LogP contribution in [0.5, 0.6) is 5.75 Å². The quantitative estimate of drug-likeness (QED) is 0.211. The number of carbonyl (C=O) groups is 4. The third-order valence-electron chi connectivity index (χ3n) is 7.51. The second kappa shape index (κ2) is 14.7. The average Bonchev–Trinajstić information content (AvgIpc) is 3.49. The van der Waals surface area contributed by atoms with Crippen molar-refractivity contribution in [2.24, 2.45) is 11.5 Å². The Morgan fingerprint density at radius 1 is 0.860 bits per heavy atom. The van der Waals surface area contributed by atoms with Gasteiger partial charge in [0, 0.05) is 24.4 Å². The summed E-state index contributed by atoms with van der Waals surface area (Å²) in [5.41, 5.74) is 14.1. The van der Waals surface area contributed by atoms with E-state index in [0.29, 0.717) is 30.0 Å².